The molecule has 0 amide bonds. The smallest absolute Gasteiger partial charge is 0.0464 e. The van der Waals surface area contributed by atoms with Crippen LogP contribution in [0.5, 0.6) is 0 Å². The van der Waals surface area contributed by atoms with E-state index in [4.69, 9.17) is 0 Å². The second kappa shape index (κ2) is 6.86. The number of aryl methyl sites for hydroxylation is 1. The fraction of sp³-hybridized carbons (Fsp3) is 0.0370. The zero-order chi connectivity index (χ0) is 18.9. The van der Waals surface area contributed by atoms with E-state index in [9.17, 15) is 0 Å². The molecule has 0 radical (unpaired) electrons. The molecule has 134 valence electrons. The van der Waals surface area contributed by atoms with Crippen molar-refractivity contribution in [2.45, 2.75) is 6.92 Å². The van der Waals surface area contributed by atoms with Crippen molar-refractivity contribution in [2.75, 3.05) is 5.32 Å². The molecule has 5 rings (SSSR count). The van der Waals surface area contributed by atoms with Gasteiger partial charge in [-0.05, 0) is 52.4 Å². The standard InChI is InChI=1S/C27H21N/c1-19-9-11-20(12-10-19)21-13-16-23(17-14-21)28-27-8-4-7-25-24-6-3-2-5-22(24)15-18-26(25)27/h2-18,28H,1H3. The van der Waals surface area contributed by atoms with Gasteiger partial charge in [-0.3, -0.25) is 0 Å². The molecule has 1 nitrogen and oxygen atoms in total. The average Bonchev–Trinajstić information content (AvgIpc) is 2.75. The van der Waals surface area contributed by atoms with Gasteiger partial charge in [0.1, 0.15) is 0 Å². The summed E-state index contributed by atoms with van der Waals surface area (Å²) in [5.74, 6) is 0. The summed E-state index contributed by atoms with van der Waals surface area (Å²) in [5.41, 5.74) is 5.98. The highest BCUT2D eigenvalue weighted by molar-refractivity contribution is 6.11. The Morgan fingerprint density at radius 2 is 1.18 bits per heavy atom. The first kappa shape index (κ1) is 16.6. The first-order valence-corrected chi connectivity index (χ1v) is 9.62. The van der Waals surface area contributed by atoms with Gasteiger partial charge >= 0.3 is 0 Å². The highest BCUT2D eigenvalue weighted by Crippen LogP contribution is 2.32. The van der Waals surface area contributed by atoms with Crippen LogP contribution in [0.15, 0.2) is 103 Å². The fourth-order valence-electron chi connectivity index (χ4n) is 3.80. The number of hydrogen-bond donors (Lipinski definition) is 1. The summed E-state index contributed by atoms with van der Waals surface area (Å²) in [5, 5.41) is 8.68. The number of benzene rings is 5. The highest BCUT2D eigenvalue weighted by Gasteiger charge is 2.05. The van der Waals surface area contributed by atoms with Crippen LogP contribution in [0.1, 0.15) is 5.56 Å². The number of nitrogens with one attached hydrogen (secondary N) is 1. The quantitative estimate of drug-likeness (QED) is 0.325. The summed E-state index contributed by atoms with van der Waals surface area (Å²) in [6.07, 6.45) is 0. The molecule has 0 aliphatic carbocycles. The molecule has 1 heteroatoms. The third kappa shape index (κ3) is 3.01. The first-order chi connectivity index (χ1) is 13.8. The zero-order valence-corrected chi connectivity index (χ0v) is 15.8. The third-order valence-corrected chi connectivity index (χ3v) is 5.34. The van der Waals surface area contributed by atoms with Gasteiger partial charge in [0, 0.05) is 16.8 Å². The van der Waals surface area contributed by atoms with Gasteiger partial charge in [0.15, 0.2) is 0 Å². The van der Waals surface area contributed by atoms with Gasteiger partial charge in [-0.15, -0.1) is 0 Å². The first-order valence-electron chi connectivity index (χ1n) is 9.62. The second-order valence-corrected chi connectivity index (χ2v) is 7.26. The predicted molar refractivity (Wildman–Crippen MR) is 121 cm³/mol. The van der Waals surface area contributed by atoms with Crippen molar-refractivity contribution in [2.24, 2.45) is 0 Å². The molecule has 0 heterocycles. The van der Waals surface area contributed by atoms with Crippen molar-refractivity contribution in [3.8, 4) is 11.1 Å². The minimum atomic E-state index is 1.09. The lowest BCUT2D eigenvalue weighted by Gasteiger charge is -2.12. The molecular formula is C27H21N. The molecule has 0 bridgehead atoms. The number of anilines is 2. The maximum absolute atomic E-state index is 3.60. The van der Waals surface area contributed by atoms with Gasteiger partial charge in [0.25, 0.3) is 0 Å². The Morgan fingerprint density at radius 1 is 0.500 bits per heavy atom. The summed E-state index contributed by atoms with van der Waals surface area (Å²) < 4.78 is 0. The summed E-state index contributed by atoms with van der Waals surface area (Å²) >= 11 is 0. The minimum absolute atomic E-state index is 1.09. The van der Waals surface area contributed by atoms with E-state index in [1.165, 1.54) is 38.2 Å². The zero-order valence-electron chi connectivity index (χ0n) is 15.8. The maximum Gasteiger partial charge on any atom is 0.0464 e. The van der Waals surface area contributed by atoms with Crippen LogP contribution in [0.25, 0.3) is 32.7 Å². The Hall–Kier alpha value is -3.58. The highest BCUT2D eigenvalue weighted by atomic mass is 14.9. The lowest BCUT2D eigenvalue weighted by Crippen LogP contribution is -1.92. The summed E-state index contributed by atoms with van der Waals surface area (Å²) in [6, 6.07) is 36.7. The van der Waals surface area contributed by atoms with Crippen LogP contribution in [-0.2, 0) is 0 Å². The van der Waals surface area contributed by atoms with Crippen molar-refractivity contribution >= 4 is 32.9 Å². The number of hydrogen-bond acceptors (Lipinski definition) is 1. The Bertz CT molecular complexity index is 1270. The summed E-state index contributed by atoms with van der Waals surface area (Å²) in [7, 11) is 0. The molecule has 0 saturated heterocycles. The molecule has 1 N–H and O–H groups in total. The largest absolute Gasteiger partial charge is 0.355 e. The van der Waals surface area contributed by atoms with Gasteiger partial charge in [0.05, 0.1) is 0 Å². The lowest BCUT2D eigenvalue weighted by molar-refractivity contribution is 1.47. The lowest BCUT2D eigenvalue weighted by atomic mass is 10.0. The normalized spacial score (nSPS) is 11.0. The molecule has 0 saturated carbocycles. The molecule has 5 aromatic rings. The van der Waals surface area contributed by atoms with E-state index in [1.807, 2.05) is 0 Å². The third-order valence-electron chi connectivity index (χ3n) is 5.34. The van der Waals surface area contributed by atoms with E-state index in [0.717, 1.165) is 11.4 Å². The van der Waals surface area contributed by atoms with Crippen LogP contribution in [0.3, 0.4) is 0 Å². The fourth-order valence-corrected chi connectivity index (χ4v) is 3.80. The topological polar surface area (TPSA) is 12.0 Å². The van der Waals surface area contributed by atoms with Crippen LogP contribution in [0.2, 0.25) is 0 Å². The second-order valence-electron chi connectivity index (χ2n) is 7.26. The van der Waals surface area contributed by atoms with Gasteiger partial charge in [-0.1, -0.05) is 90.5 Å². The van der Waals surface area contributed by atoms with Gasteiger partial charge in [-0.2, -0.15) is 0 Å². The molecule has 28 heavy (non-hydrogen) atoms. The summed E-state index contributed by atoms with van der Waals surface area (Å²) in [6.45, 7) is 2.12. The van der Waals surface area contributed by atoms with E-state index in [0.29, 0.717) is 0 Å². The molecule has 0 fully saturated rings. The number of rotatable bonds is 3. The Kier molecular flexibility index (Phi) is 4.06. The van der Waals surface area contributed by atoms with Crippen LogP contribution in [0, 0.1) is 6.92 Å². The van der Waals surface area contributed by atoms with Crippen LogP contribution >= 0.6 is 0 Å². The predicted octanol–water partition coefficient (Wildman–Crippen LogP) is 7.71. The van der Waals surface area contributed by atoms with Crippen molar-refractivity contribution in [1.29, 1.82) is 0 Å². The maximum atomic E-state index is 3.60. The van der Waals surface area contributed by atoms with Crippen molar-refractivity contribution in [3.63, 3.8) is 0 Å². The van der Waals surface area contributed by atoms with Gasteiger partial charge in [-0.25, -0.2) is 0 Å². The van der Waals surface area contributed by atoms with Crippen molar-refractivity contribution in [3.05, 3.63) is 109 Å². The van der Waals surface area contributed by atoms with Crippen LogP contribution in [-0.4, -0.2) is 0 Å². The van der Waals surface area contributed by atoms with E-state index >= 15 is 0 Å². The Balaban J connectivity index is 1.50. The number of fused-ring (bicyclic) bond motifs is 3. The minimum Gasteiger partial charge on any atom is -0.355 e. The SMILES string of the molecule is Cc1ccc(-c2ccc(Nc3cccc4c3ccc3ccccc34)cc2)cc1. The van der Waals surface area contributed by atoms with Crippen LogP contribution < -0.4 is 5.32 Å². The molecule has 5 aromatic carbocycles. The van der Waals surface area contributed by atoms with E-state index < -0.39 is 0 Å². The van der Waals surface area contributed by atoms with E-state index in [2.05, 4.69) is 115 Å². The molecule has 0 unspecified atom stereocenters. The molecular weight excluding hydrogens is 338 g/mol. The molecule has 0 aromatic heterocycles. The van der Waals surface area contributed by atoms with E-state index in [1.54, 1.807) is 0 Å². The molecule has 0 aliphatic rings. The Labute approximate surface area is 165 Å². The van der Waals surface area contributed by atoms with Gasteiger partial charge in [0.2, 0.25) is 0 Å². The van der Waals surface area contributed by atoms with Gasteiger partial charge < -0.3 is 5.32 Å². The molecule has 0 aliphatic heterocycles. The molecule has 0 atom stereocenters. The Morgan fingerprint density at radius 3 is 1.96 bits per heavy atom. The average molecular weight is 359 g/mol. The van der Waals surface area contributed by atoms with Crippen molar-refractivity contribution < 1.29 is 0 Å². The van der Waals surface area contributed by atoms with Crippen molar-refractivity contribution in [1.82, 2.24) is 0 Å². The monoisotopic (exact) mass is 359 g/mol. The summed E-state index contributed by atoms with van der Waals surface area (Å²) in [4.78, 5) is 0. The molecule has 0 spiro atoms. The van der Waals surface area contributed by atoms with E-state index in [-0.39, 0.29) is 0 Å². The van der Waals surface area contributed by atoms with Crippen LogP contribution in [0.4, 0.5) is 11.4 Å².